The van der Waals surface area contributed by atoms with Crippen molar-refractivity contribution in [2.75, 3.05) is 13.1 Å². The average molecular weight is 265 g/mol. The van der Waals surface area contributed by atoms with Crippen molar-refractivity contribution in [3.8, 4) is 0 Å². The van der Waals surface area contributed by atoms with Crippen LogP contribution in [0, 0.1) is 11.8 Å². The number of rotatable bonds is 3. The molecule has 5 heteroatoms. The summed E-state index contributed by atoms with van der Waals surface area (Å²) >= 11 is 0. The van der Waals surface area contributed by atoms with Crippen molar-refractivity contribution in [3.05, 3.63) is 17.8 Å². The van der Waals surface area contributed by atoms with Gasteiger partial charge >= 0.3 is 0 Å². The van der Waals surface area contributed by atoms with Gasteiger partial charge in [-0.25, -0.2) is 4.98 Å². The van der Waals surface area contributed by atoms with E-state index in [0.29, 0.717) is 17.5 Å². The van der Waals surface area contributed by atoms with E-state index in [1.165, 1.54) is 6.26 Å². The van der Waals surface area contributed by atoms with Crippen LogP contribution in [0.25, 0.3) is 0 Å². The summed E-state index contributed by atoms with van der Waals surface area (Å²) in [6.45, 7) is 7.83. The Morgan fingerprint density at radius 1 is 1.47 bits per heavy atom. The summed E-state index contributed by atoms with van der Waals surface area (Å²) in [7, 11) is 0. The van der Waals surface area contributed by atoms with Crippen LogP contribution in [0.1, 0.15) is 56.0 Å². The van der Waals surface area contributed by atoms with Crippen molar-refractivity contribution in [3.63, 3.8) is 0 Å². The van der Waals surface area contributed by atoms with Crippen molar-refractivity contribution < 1.29 is 9.21 Å². The number of carbonyl (C=O) groups excluding carboxylic acids is 1. The third-order valence-electron chi connectivity index (χ3n) is 3.82. The molecular weight excluding hydrogens is 242 g/mol. The molecule has 0 aromatic carbocycles. The fraction of sp³-hybridized carbons (Fsp3) is 0.714. The van der Waals surface area contributed by atoms with Gasteiger partial charge < -0.3 is 15.1 Å². The fourth-order valence-electron chi connectivity index (χ4n) is 2.20. The minimum atomic E-state index is -0.261. The number of likely N-dealkylation sites (tertiary alicyclic amines) is 1. The van der Waals surface area contributed by atoms with Gasteiger partial charge in [-0.05, 0) is 24.7 Å². The van der Waals surface area contributed by atoms with Gasteiger partial charge in [-0.1, -0.05) is 20.8 Å². The van der Waals surface area contributed by atoms with Gasteiger partial charge in [0.15, 0.2) is 5.69 Å². The van der Waals surface area contributed by atoms with E-state index in [4.69, 9.17) is 10.2 Å². The van der Waals surface area contributed by atoms with Crippen molar-refractivity contribution in [2.24, 2.45) is 17.6 Å². The number of hydrogen-bond acceptors (Lipinski definition) is 4. The molecule has 1 aromatic rings. The van der Waals surface area contributed by atoms with Crippen LogP contribution in [-0.4, -0.2) is 28.9 Å². The lowest BCUT2D eigenvalue weighted by Gasteiger charge is -2.29. The van der Waals surface area contributed by atoms with Crippen LogP contribution in [-0.2, 0) is 0 Å². The van der Waals surface area contributed by atoms with Crippen LogP contribution in [0.2, 0.25) is 0 Å². The second-order valence-corrected chi connectivity index (χ2v) is 5.82. The molecule has 1 aliphatic heterocycles. The van der Waals surface area contributed by atoms with E-state index >= 15 is 0 Å². The number of piperidine rings is 1. The zero-order valence-corrected chi connectivity index (χ0v) is 11.9. The van der Waals surface area contributed by atoms with Gasteiger partial charge in [0.1, 0.15) is 6.26 Å². The first kappa shape index (κ1) is 14.1. The quantitative estimate of drug-likeness (QED) is 0.909. The van der Waals surface area contributed by atoms with Crippen molar-refractivity contribution >= 4 is 5.91 Å². The van der Waals surface area contributed by atoms with Gasteiger partial charge in [-0.15, -0.1) is 0 Å². The van der Waals surface area contributed by atoms with E-state index in [1.807, 2.05) is 18.7 Å². The zero-order valence-electron chi connectivity index (χ0n) is 11.9. The monoisotopic (exact) mass is 265 g/mol. The summed E-state index contributed by atoms with van der Waals surface area (Å²) in [5.74, 6) is 1.34. The molecule has 0 spiro atoms. The highest BCUT2D eigenvalue weighted by Crippen LogP contribution is 2.21. The summed E-state index contributed by atoms with van der Waals surface area (Å²) in [6, 6.07) is -0.261. The third-order valence-corrected chi connectivity index (χ3v) is 3.82. The molecule has 1 fully saturated rings. The lowest BCUT2D eigenvalue weighted by molar-refractivity contribution is 0.0691. The van der Waals surface area contributed by atoms with E-state index < -0.39 is 0 Å². The van der Waals surface area contributed by atoms with Crippen LogP contribution in [0.3, 0.4) is 0 Å². The molecule has 0 saturated carbocycles. The Kier molecular flexibility index (Phi) is 4.24. The van der Waals surface area contributed by atoms with Gasteiger partial charge in [-0.2, -0.15) is 0 Å². The van der Waals surface area contributed by atoms with Crippen LogP contribution in [0.4, 0.5) is 0 Å². The van der Waals surface area contributed by atoms with Crippen molar-refractivity contribution in [1.82, 2.24) is 9.88 Å². The number of hydrogen-bond donors (Lipinski definition) is 1. The van der Waals surface area contributed by atoms with Gasteiger partial charge in [0.2, 0.25) is 5.89 Å². The maximum atomic E-state index is 12.3. The number of aromatic nitrogens is 1. The van der Waals surface area contributed by atoms with Gasteiger partial charge in [-0.3, -0.25) is 4.79 Å². The summed E-state index contributed by atoms with van der Waals surface area (Å²) in [5.41, 5.74) is 6.34. The topological polar surface area (TPSA) is 72.4 Å². The Morgan fingerprint density at radius 2 is 2.11 bits per heavy atom. The molecular formula is C14H23N3O2. The maximum Gasteiger partial charge on any atom is 0.275 e. The molecule has 1 amide bonds. The van der Waals surface area contributed by atoms with E-state index in [2.05, 4.69) is 11.9 Å². The van der Waals surface area contributed by atoms with Crippen LogP contribution >= 0.6 is 0 Å². The van der Waals surface area contributed by atoms with Crippen LogP contribution in [0.5, 0.6) is 0 Å². The Hall–Kier alpha value is -1.36. The molecule has 2 heterocycles. The minimum Gasteiger partial charge on any atom is -0.446 e. The first-order valence-electron chi connectivity index (χ1n) is 6.99. The minimum absolute atomic E-state index is 0.0437. The summed E-state index contributed by atoms with van der Waals surface area (Å²) < 4.78 is 5.34. The van der Waals surface area contributed by atoms with Crippen LogP contribution in [0.15, 0.2) is 10.7 Å². The SMILES string of the molecule is CC1CCN(C(=O)c2coc(C(N)C(C)C)n2)CC1. The lowest BCUT2D eigenvalue weighted by Crippen LogP contribution is -2.38. The molecule has 106 valence electrons. The molecule has 1 saturated heterocycles. The molecule has 2 rings (SSSR count). The first-order valence-corrected chi connectivity index (χ1v) is 6.99. The van der Waals surface area contributed by atoms with Crippen molar-refractivity contribution in [2.45, 2.75) is 39.7 Å². The predicted octanol–water partition coefficient (Wildman–Crippen LogP) is 2.20. The first-order chi connectivity index (χ1) is 8.99. The van der Waals surface area contributed by atoms with Gasteiger partial charge in [0.25, 0.3) is 5.91 Å². The molecule has 0 aliphatic carbocycles. The van der Waals surface area contributed by atoms with Gasteiger partial charge in [0.05, 0.1) is 6.04 Å². The maximum absolute atomic E-state index is 12.3. The standard InChI is InChI=1S/C14H23N3O2/c1-9(2)12(15)13-16-11(8-19-13)14(18)17-6-4-10(3)5-7-17/h8-10,12H,4-7,15H2,1-3H3. The number of nitrogens with two attached hydrogens (primary N) is 1. The molecule has 2 N–H and O–H groups in total. The number of carbonyl (C=O) groups is 1. The van der Waals surface area contributed by atoms with E-state index in [9.17, 15) is 4.79 Å². The van der Waals surface area contributed by atoms with E-state index in [-0.39, 0.29) is 17.9 Å². The Balaban J connectivity index is 2.04. The van der Waals surface area contributed by atoms with E-state index in [0.717, 1.165) is 25.9 Å². The zero-order chi connectivity index (χ0) is 14.0. The molecule has 1 aliphatic rings. The fourth-order valence-corrected chi connectivity index (χ4v) is 2.20. The molecule has 1 atom stereocenters. The summed E-state index contributed by atoms with van der Waals surface area (Å²) in [4.78, 5) is 18.4. The number of nitrogens with zero attached hydrogens (tertiary/aromatic N) is 2. The second kappa shape index (κ2) is 5.74. The van der Waals surface area contributed by atoms with E-state index in [1.54, 1.807) is 0 Å². The predicted molar refractivity (Wildman–Crippen MR) is 72.6 cm³/mol. The summed E-state index contributed by atoms with van der Waals surface area (Å²) in [6.07, 6.45) is 3.54. The molecule has 1 aromatic heterocycles. The normalized spacial score (nSPS) is 18.9. The molecule has 0 radical (unpaired) electrons. The summed E-state index contributed by atoms with van der Waals surface area (Å²) in [5, 5.41) is 0. The molecule has 19 heavy (non-hydrogen) atoms. The second-order valence-electron chi connectivity index (χ2n) is 5.82. The molecule has 1 unspecified atom stereocenters. The Morgan fingerprint density at radius 3 is 2.68 bits per heavy atom. The largest absolute Gasteiger partial charge is 0.446 e. The smallest absolute Gasteiger partial charge is 0.275 e. The Labute approximate surface area is 114 Å². The highest BCUT2D eigenvalue weighted by molar-refractivity contribution is 5.92. The highest BCUT2D eigenvalue weighted by atomic mass is 16.3. The number of amides is 1. The number of oxazole rings is 1. The average Bonchev–Trinajstić information content (AvgIpc) is 2.87. The van der Waals surface area contributed by atoms with Gasteiger partial charge in [0, 0.05) is 13.1 Å². The molecule has 5 nitrogen and oxygen atoms in total. The lowest BCUT2D eigenvalue weighted by atomic mass is 9.99. The third kappa shape index (κ3) is 3.15. The van der Waals surface area contributed by atoms with Crippen LogP contribution < -0.4 is 5.73 Å². The highest BCUT2D eigenvalue weighted by Gasteiger charge is 2.25. The Bertz CT molecular complexity index is 434. The molecule has 0 bridgehead atoms. The van der Waals surface area contributed by atoms with Crippen molar-refractivity contribution in [1.29, 1.82) is 0 Å².